The first-order valence-electron chi connectivity index (χ1n) is 10.5. The third-order valence-corrected chi connectivity index (χ3v) is 4.81. The summed E-state index contributed by atoms with van der Waals surface area (Å²) in [6.07, 6.45) is 16.4. The highest BCUT2D eigenvalue weighted by atomic mass is 16.4. The van der Waals surface area contributed by atoms with Gasteiger partial charge < -0.3 is 15.3 Å². The minimum absolute atomic E-state index is 0.253. The summed E-state index contributed by atoms with van der Waals surface area (Å²) >= 11 is 0. The Morgan fingerprint density at radius 2 is 1.04 bits per heavy atom. The Kier molecular flexibility index (Phi) is 15.0. The Hall–Kier alpha value is -1.89. The molecule has 0 fully saturated rings. The Bertz CT molecular complexity index is 448. The maximum Gasteiger partial charge on any atom is 0.359 e. The molecular formula is C21H38NO6+. The molecule has 28 heavy (non-hydrogen) atoms. The summed E-state index contributed by atoms with van der Waals surface area (Å²) in [7, 11) is 0. The van der Waals surface area contributed by atoms with Crippen LogP contribution in [0.1, 0.15) is 77.6 Å². The number of allylic oxidation sites excluding steroid dienone is 2. The fraction of sp³-hybridized carbons (Fsp3) is 0.762. The van der Waals surface area contributed by atoms with Gasteiger partial charge in [0.05, 0.1) is 6.54 Å². The van der Waals surface area contributed by atoms with E-state index < -0.39 is 42.0 Å². The summed E-state index contributed by atoms with van der Waals surface area (Å²) in [5.74, 6) is -3.53. The van der Waals surface area contributed by atoms with Crippen LogP contribution >= 0.6 is 0 Å². The van der Waals surface area contributed by atoms with Crippen molar-refractivity contribution >= 4 is 17.9 Å². The topological polar surface area (TPSA) is 112 Å². The molecule has 0 aromatic heterocycles. The zero-order valence-corrected chi connectivity index (χ0v) is 17.3. The predicted octanol–water partition coefficient (Wildman–Crippen LogP) is 3.92. The lowest BCUT2D eigenvalue weighted by atomic mass is 10.1. The highest BCUT2D eigenvalue weighted by molar-refractivity contribution is 5.73. The maximum absolute atomic E-state index is 11.1. The highest BCUT2D eigenvalue weighted by Gasteiger charge is 2.35. The third kappa shape index (κ3) is 15.2. The number of rotatable bonds is 19. The molecule has 0 radical (unpaired) electrons. The van der Waals surface area contributed by atoms with Crippen molar-refractivity contribution in [3.8, 4) is 0 Å². The van der Waals surface area contributed by atoms with Crippen molar-refractivity contribution in [3.05, 3.63) is 12.2 Å². The molecule has 0 spiro atoms. The van der Waals surface area contributed by atoms with Crippen LogP contribution < -0.4 is 0 Å². The molecule has 0 bridgehead atoms. The Morgan fingerprint density at radius 1 is 0.643 bits per heavy atom. The summed E-state index contributed by atoms with van der Waals surface area (Å²) < 4.78 is -0.444. The Balaban J connectivity index is 4.09. The SMILES string of the molecule is CCCCCC/C=C/CCCCCCC[N+](CC(=O)O)(CC(=O)O)CC(=O)O. The summed E-state index contributed by atoms with van der Waals surface area (Å²) in [6, 6.07) is 0. The largest absolute Gasteiger partial charge is 0.477 e. The predicted molar refractivity (Wildman–Crippen MR) is 108 cm³/mol. The molecule has 0 aliphatic carbocycles. The Morgan fingerprint density at radius 3 is 1.46 bits per heavy atom. The first-order valence-corrected chi connectivity index (χ1v) is 10.5. The molecule has 3 N–H and O–H groups in total. The molecule has 7 nitrogen and oxygen atoms in total. The van der Waals surface area contributed by atoms with E-state index in [0.717, 1.165) is 38.5 Å². The quantitative estimate of drug-likeness (QED) is 0.172. The Labute approximate surface area is 168 Å². The summed E-state index contributed by atoms with van der Waals surface area (Å²) in [5.41, 5.74) is 0. The van der Waals surface area contributed by atoms with Gasteiger partial charge in [-0.15, -0.1) is 0 Å². The number of aliphatic carboxylic acids is 3. The lowest BCUT2D eigenvalue weighted by Gasteiger charge is -2.34. The third-order valence-electron chi connectivity index (χ3n) is 4.81. The van der Waals surface area contributed by atoms with Gasteiger partial charge in [0.2, 0.25) is 0 Å². The van der Waals surface area contributed by atoms with E-state index in [2.05, 4.69) is 19.1 Å². The average Bonchev–Trinajstić information content (AvgIpc) is 2.57. The maximum atomic E-state index is 11.1. The van der Waals surface area contributed by atoms with Crippen LogP contribution in [0.4, 0.5) is 0 Å². The van der Waals surface area contributed by atoms with Crippen LogP contribution in [0.3, 0.4) is 0 Å². The van der Waals surface area contributed by atoms with Gasteiger partial charge in [-0.25, -0.2) is 14.4 Å². The first kappa shape index (κ1) is 26.1. The number of carboxylic acids is 3. The molecule has 0 heterocycles. The number of unbranched alkanes of at least 4 members (excludes halogenated alkanes) is 9. The van der Waals surface area contributed by atoms with Crippen LogP contribution in [0.15, 0.2) is 12.2 Å². The average molecular weight is 401 g/mol. The summed E-state index contributed by atoms with van der Waals surface area (Å²) in [6.45, 7) is 1.01. The molecule has 162 valence electrons. The number of hydrogen-bond donors (Lipinski definition) is 3. The fourth-order valence-electron chi connectivity index (χ4n) is 3.43. The van der Waals surface area contributed by atoms with Crippen molar-refractivity contribution in [1.29, 1.82) is 0 Å². The molecule has 0 saturated carbocycles. The molecule has 0 aromatic carbocycles. The van der Waals surface area contributed by atoms with Crippen molar-refractivity contribution < 1.29 is 34.2 Å². The van der Waals surface area contributed by atoms with Gasteiger partial charge in [0.15, 0.2) is 19.6 Å². The molecule has 0 saturated heterocycles. The van der Waals surface area contributed by atoms with Crippen molar-refractivity contribution in [3.63, 3.8) is 0 Å². The standard InChI is InChI=1S/C21H37NO6/c1-2-3-4-5-6-7-8-9-10-11-12-13-14-15-22(16-19(23)24,17-20(25)26)18-21(27)28/h7-8H,2-6,9-18H2,1H3,(H2-,23,24,25,26,27,28)/p+1/b8-7+. The molecule has 0 atom stereocenters. The van der Waals surface area contributed by atoms with E-state index in [1.165, 1.54) is 25.7 Å². The number of hydrogen-bond acceptors (Lipinski definition) is 3. The van der Waals surface area contributed by atoms with Crippen LogP contribution in [0, 0.1) is 0 Å². The lowest BCUT2D eigenvalue weighted by molar-refractivity contribution is -0.907. The highest BCUT2D eigenvalue weighted by Crippen LogP contribution is 2.13. The molecule has 0 unspecified atom stereocenters. The van der Waals surface area contributed by atoms with Gasteiger partial charge in [-0.3, -0.25) is 4.48 Å². The monoisotopic (exact) mass is 400 g/mol. The fourth-order valence-corrected chi connectivity index (χ4v) is 3.43. The van der Waals surface area contributed by atoms with Crippen molar-refractivity contribution in [1.82, 2.24) is 0 Å². The molecular weight excluding hydrogens is 362 g/mol. The van der Waals surface area contributed by atoms with E-state index in [9.17, 15) is 14.4 Å². The van der Waals surface area contributed by atoms with Crippen molar-refractivity contribution in [2.75, 3.05) is 26.2 Å². The zero-order chi connectivity index (χ0) is 21.3. The van der Waals surface area contributed by atoms with Crippen LogP contribution in [0.5, 0.6) is 0 Å². The first-order chi connectivity index (χ1) is 13.3. The van der Waals surface area contributed by atoms with E-state index in [4.69, 9.17) is 15.3 Å². The van der Waals surface area contributed by atoms with E-state index in [0.29, 0.717) is 6.42 Å². The number of carbonyl (C=O) groups is 3. The van der Waals surface area contributed by atoms with Gasteiger partial charge in [-0.05, 0) is 38.5 Å². The van der Waals surface area contributed by atoms with Crippen molar-refractivity contribution in [2.24, 2.45) is 0 Å². The number of nitrogens with zero attached hydrogens (tertiary/aromatic N) is 1. The van der Waals surface area contributed by atoms with E-state index in [-0.39, 0.29) is 6.54 Å². The molecule has 0 aromatic rings. The second-order valence-corrected chi connectivity index (χ2v) is 7.60. The van der Waals surface area contributed by atoms with Crippen LogP contribution in [-0.4, -0.2) is 63.9 Å². The summed E-state index contributed by atoms with van der Waals surface area (Å²) in [4.78, 5) is 33.3. The smallest absolute Gasteiger partial charge is 0.359 e. The van der Waals surface area contributed by atoms with Crippen molar-refractivity contribution in [2.45, 2.75) is 77.6 Å². The van der Waals surface area contributed by atoms with Gasteiger partial charge in [0.1, 0.15) is 0 Å². The van der Waals surface area contributed by atoms with E-state index in [1.807, 2.05) is 0 Å². The minimum Gasteiger partial charge on any atom is -0.477 e. The normalized spacial score (nSPS) is 11.8. The second-order valence-electron chi connectivity index (χ2n) is 7.60. The summed E-state index contributed by atoms with van der Waals surface area (Å²) in [5, 5.41) is 27.2. The van der Waals surface area contributed by atoms with Gasteiger partial charge in [0.25, 0.3) is 0 Å². The number of carboxylic acid groups (broad SMARTS) is 3. The van der Waals surface area contributed by atoms with E-state index in [1.54, 1.807) is 0 Å². The second kappa shape index (κ2) is 16.1. The number of quaternary nitrogens is 1. The van der Waals surface area contributed by atoms with Crippen LogP contribution in [0.25, 0.3) is 0 Å². The van der Waals surface area contributed by atoms with E-state index >= 15 is 0 Å². The molecule has 0 amide bonds. The van der Waals surface area contributed by atoms with Crippen LogP contribution in [-0.2, 0) is 14.4 Å². The molecule has 7 heteroatoms. The van der Waals surface area contributed by atoms with Gasteiger partial charge in [0, 0.05) is 0 Å². The minimum atomic E-state index is -1.18. The molecule has 0 rings (SSSR count). The lowest BCUT2D eigenvalue weighted by Crippen LogP contribution is -2.57. The van der Waals surface area contributed by atoms with Gasteiger partial charge >= 0.3 is 17.9 Å². The molecule has 0 aliphatic rings. The van der Waals surface area contributed by atoms with Gasteiger partial charge in [-0.1, -0.05) is 51.2 Å². The molecule has 0 aliphatic heterocycles. The van der Waals surface area contributed by atoms with Crippen LogP contribution in [0.2, 0.25) is 0 Å². The van der Waals surface area contributed by atoms with Gasteiger partial charge in [-0.2, -0.15) is 0 Å². The zero-order valence-electron chi connectivity index (χ0n) is 17.3.